The fourth-order valence-electron chi connectivity index (χ4n) is 5.18. The third kappa shape index (κ3) is 4.47. The van der Waals surface area contributed by atoms with Crippen molar-refractivity contribution >= 4 is 22.1 Å². The lowest BCUT2D eigenvalue weighted by Crippen LogP contribution is -2.30. The van der Waals surface area contributed by atoms with E-state index in [4.69, 9.17) is 0 Å². The number of rotatable bonds is 5. The summed E-state index contributed by atoms with van der Waals surface area (Å²) in [6.45, 7) is 0. The SMILES string of the molecule is Oc1ccc(-[n+]2ccc(-c3cc[n+](-c4ccc(O)c(-n5nc6ccccc6n5)c4)cc3)cc2)cc1-n1nc2ccccc2n1. The number of pyridine rings is 2. The van der Waals surface area contributed by atoms with E-state index in [0.29, 0.717) is 11.4 Å². The first-order valence-electron chi connectivity index (χ1n) is 13.9. The summed E-state index contributed by atoms with van der Waals surface area (Å²) in [5.41, 5.74) is 7.84. The van der Waals surface area contributed by atoms with Gasteiger partial charge in [-0.15, -0.1) is 30.0 Å². The molecule has 4 heterocycles. The molecule has 10 nitrogen and oxygen atoms in total. The van der Waals surface area contributed by atoms with Gasteiger partial charge in [-0.25, -0.2) is 0 Å². The Balaban J connectivity index is 1.05. The Labute approximate surface area is 250 Å². The van der Waals surface area contributed by atoms with Crippen LogP contribution < -0.4 is 9.13 Å². The Kier molecular flexibility index (Phi) is 5.83. The second-order valence-corrected chi connectivity index (χ2v) is 10.3. The van der Waals surface area contributed by atoms with Crippen molar-refractivity contribution in [3.63, 3.8) is 0 Å². The minimum absolute atomic E-state index is 0.0962. The van der Waals surface area contributed by atoms with Crippen molar-refractivity contribution in [2.45, 2.75) is 0 Å². The summed E-state index contributed by atoms with van der Waals surface area (Å²) in [7, 11) is 0. The van der Waals surface area contributed by atoms with Crippen molar-refractivity contribution in [3.8, 4) is 45.4 Å². The molecule has 0 bridgehead atoms. The number of aromatic hydroxyl groups is 2. The van der Waals surface area contributed by atoms with Crippen LogP contribution >= 0.6 is 0 Å². The van der Waals surface area contributed by atoms with E-state index < -0.39 is 0 Å². The maximum Gasteiger partial charge on any atom is 0.213 e. The minimum Gasteiger partial charge on any atom is -0.506 e. The van der Waals surface area contributed by atoms with Gasteiger partial charge < -0.3 is 10.2 Å². The van der Waals surface area contributed by atoms with Crippen LogP contribution in [0.25, 0.3) is 55.9 Å². The molecule has 210 valence electrons. The summed E-state index contributed by atoms with van der Waals surface area (Å²) in [4.78, 5) is 2.92. The van der Waals surface area contributed by atoms with E-state index in [9.17, 15) is 10.2 Å². The molecule has 0 spiro atoms. The maximum atomic E-state index is 10.5. The van der Waals surface area contributed by atoms with Crippen LogP contribution in [-0.4, -0.2) is 40.2 Å². The summed E-state index contributed by atoms with van der Waals surface area (Å²) in [5, 5.41) is 39.1. The van der Waals surface area contributed by atoms with Crippen LogP contribution in [-0.2, 0) is 0 Å². The fourth-order valence-corrected chi connectivity index (χ4v) is 5.18. The first kappa shape index (κ1) is 25.3. The van der Waals surface area contributed by atoms with Gasteiger partial charge in [-0.2, -0.15) is 9.13 Å². The molecule has 0 aliphatic rings. The van der Waals surface area contributed by atoms with E-state index in [0.717, 1.165) is 44.6 Å². The van der Waals surface area contributed by atoms with E-state index in [2.05, 4.69) is 20.4 Å². The number of benzene rings is 4. The molecule has 0 aliphatic carbocycles. The third-order valence-electron chi connectivity index (χ3n) is 7.51. The normalized spacial score (nSPS) is 11.4. The average Bonchev–Trinajstić information content (AvgIpc) is 3.70. The second kappa shape index (κ2) is 10.1. The van der Waals surface area contributed by atoms with Crippen molar-refractivity contribution in [3.05, 3.63) is 134 Å². The van der Waals surface area contributed by atoms with Crippen LogP contribution in [0.2, 0.25) is 0 Å². The van der Waals surface area contributed by atoms with Gasteiger partial charge >= 0.3 is 0 Å². The monoisotopic (exact) mass is 576 g/mol. The molecule has 0 amide bonds. The Bertz CT molecular complexity index is 2080. The summed E-state index contributed by atoms with van der Waals surface area (Å²) in [5.74, 6) is 0.192. The highest BCUT2D eigenvalue weighted by Crippen LogP contribution is 2.25. The first-order chi connectivity index (χ1) is 21.6. The number of hydrogen-bond acceptors (Lipinski definition) is 6. The van der Waals surface area contributed by atoms with E-state index in [1.54, 1.807) is 12.1 Å². The predicted octanol–water partition coefficient (Wildman–Crippen LogP) is 4.79. The zero-order chi connectivity index (χ0) is 29.6. The summed E-state index contributed by atoms with van der Waals surface area (Å²) >= 11 is 0. The van der Waals surface area contributed by atoms with Gasteiger partial charge in [-0.1, -0.05) is 24.3 Å². The van der Waals surface area contributed by atoms with Crippen molar-refractivity contribution in [1.82, 2.24) is 30.0 Å². The molecule has 0 radical (unpaired) electrons. The van der Waals surface area contributed by atoms with Gasteiger partial charge in [0.1, 0.15) is 44.9 Å². The number of hydrogen-bond donors (Lipinski definition) is 2. The van der Waals surface area contributed by atoms with Gasteiger partial charge in [0, 0.05) is 48.5 Å². The molecule has 8 rings (SSSR count). The van der Waals surface area contributed by atoms with Gasteiger partial charge in [0.25, 0.3) is 0 Å². The number of phenolic OH excluding ortho intramolecular Hbond substituents is 2. The second-order valence-electron chi connectivity index (χ2n) is 10.3. The third-order valence-corrected chi connectivity index (χ3v) is 7.51. The van der Waals surface area contributed by atoms with Gasteiger partial charge in [0.2, 0.25) is 11.4 Å². The summed E-state index contributed by atoms with van der Waals surface area (Å²) in [6, 6.07) is 34.1. The number of phenols is 2. The number of fused-ring (bicyclic) bond motifs is 2. The van der Waals surface area contributed by atoms with Crippen LogP contribution in [0, 0.1) is 0 Å². The van der Waals surface area contributed by atoms with Crippen LogP contribution in [0.5, 0.6) is 11.5 Å². The van der Waals surface area contributed by atoms with Crippen molar-refractivity contribution in [2.75, 3.05) is 0 Å². The highest BCUT2D eigenvalue weighted by atomic mass is 16.3. The van der Waals surface area contributed by atoms with Gasteiger partial charge in [-0.3, -0.25) is 0 Å². The lowest BCUT2D eigenvalue weighted by molar-refractivity contribution is -0.596. The molecule has 4 aromatic heterocycles. The highest BCUT2D eigenvalue weighted by Gasteiger charge is 2.17. The molecule has 0 aliphatic heterocycles. The molecule has 0 saturated heterocycles. The molecule has 0 saturated carbocycles. The van der Waals surface area contributed by atoms with Gasteiger partial charge in [0.05, 0.1) is 0 Å². The van der Waals surface area contributed by atoms with Crippen LogP contribution in [0.1, 0.15) is 0 Å². The van der Waals surface area contributed by atoms with Crippen LogP contribution in [0.3, 0.4) is 0 Å². The lowest BCUT2D eigenvalue weighted by Gasteiger charge is -2.05. The van der Waals surface area contributed by atoms with Crippen LogP contribution in [0.4, 0.5) is 0 Å². The smallest absolute Gasteiger partial charge is 0.213 e. The van der Waals surface area contributed by atoms with E-state index >= 15 is 0 Å². The average molecular weight is 577 g/mol. The first-order valence-corrected chi connectivity index (χ1v) is 13.9. The van der Waals surface area contributed by atoms with Gasteiger partial charge in [0.15, 0.2) is 24.8 Å². The standard InChI is InChI=1S/C34H22N8O2/c43-33-11-9-25(21-31(33)41-35-27-5-1-2-6-28(27)36-41)39-17-13-23(14-18-39)24-15-19-40(20-16-24)26-10-12-34(44)32(22-26)42-37-29-7-3-4-8-30(29)38-42/h1-22H/p+2. The Morgan fingerprint density at radius 2 is 0.773 bits per heavy atom. The molecule has 0 atom stereocenters. The molecule has 2 N–H and O–H groups in total. The largest absolute Gasteiger partial charge is 0.506 e. The van der Waals surface area contributed by atoms with E-state index in [1.165, 1.54) is 9.59 Å². The maximum absolute atomic E-state index is 10.5. The van der Waals surface area contributed by atoms with Gasteiger partial charge in [-0.05, 0) is 47.5 Å². The molecular weight excluding hydrogens is 552 g/mol. The van der Waals surface area contributed by atoms with Crippen molar-refractivity contribution < 1.29 is 19.3 Å². The molecule has 0 fully saturated rings. The molecule has 8 aromatic rings. The quantitative estimate of drug-likeness (QED) is 0.285. The number of nitrogens with zero attached hydrogens (tertiary/aromatic N) is 8. The fraction of sp³-hybridized carbons (Fsp3) is 0. The summed E-state index contributed by atoms with van der Waals surface area (Å²) < 4.78 is 3.95. The van der Waals surface area contributed by atoms with E-state index in [1.807, 2.05) is 131 Å². The van der Waals surface area contributed by atoms with E-state index in [-0.39, 0.29) is 11.5 Å². The minimum atomic E-state index is 0.0962. The van der Waals surface area contributed by atoms with Crippen molar-refractivity contribution in [2.24, 2.45) is 0 Å². The zero-order valence-electron chi connectivity index (χ0n) is 23.2. The molecule has 4 aromatic carbocycles. The van der Waals surface area contributed by atoms with Crippen LogP contribution in [0.15, 0.2) is 134 Å². The Hall–Kier alpha value is -6.42. The molecular formula is C34H24N8O2+2. The Morgan fingerprint density at radius 3 is 1.11 bits per heavy atom. The molecule has 44 heavy (non-hydrogen) atoms. The Morgan fingerprint density at radius 1 is 0.432 bits per heavy atom. The number of aromatic nitrogens is 8. The predicted molar refractivity (Wildman–Crippen MR) is 163 cm³/mol. The van der Waals surface area contributed by atoms with Crippen molar-refractivity contribution in [1.29, 1.82) is 0 Å². The zero-order valence-corrected chi connectivity index (χ0v) is 23.2. The topological polar surface area (TPSA) is 110 Å². The summed E-state index contributed by atoms with van der Waals surface area (Å²) in [6.07, 6.45) is 7.92. The lowest BCUT2D eigenvalue weighted by atomic mass is 10.1. The molecule has 10 heteroatoms. The highest BCUT2D eigenvalue weighted by molar-refractivity contribution is 5.74. The molecule has 0 unspecified atom stereocenters.